The van der Waals surface area contributed by atoms with Crippen LogP contribution in [0, 0.1) is 5.92 Å². The molecule has 3 rings (SSSR count). The molecule has 1 aromatic heterocycles. The second kappa shape index (κ2) is 6.55. The lowest BCUT2D eigenvalue weighted by Crippen LogP contribution is -2.53. The fourth-order valence-corrected chi connectivity index (χ4v) is 3.07. The Hall–Kier alpha value is -2.89. The number of fused-ring (bicyclic) bond motifs is 1. The quantitative estimate of drug-likeness (QED) is 0.688. The van der Waals surface area contributed by atoms with Crippen molar-refractivity contribution >= 4 is 34.8 Å². The second-order valence-electron chi connectivity index (χ2n) is 6.51. The minimum absolute atomic E-state index is 0.0195. The Labute approximate surface area is 146 Å². The molecule has 25 heavy (non-hydrogen) atoms. The van der Waals surface area contributed by atoms with Crippen molar-refractivity contribution in [2.24, 2.45) is 5.92 Å². The summed E-state index contributed by atoms with van der Waals surface area (Å²) < 4.78 is 2.13. The number of carbonyl (C=O) groups excluding carboxylic acids is 3. The number of nitrogens with zero attached hydrogens (tertiary/aromatic N) is 2. The first kappa shape index (κ1) is 17.0. The molecule has 1 N–H and O–H groups in total. The molecular weight excluding hydrogens is 318 g/mol. The molecule has 4 amide bonds. The normalized spacial score (nSPS) is 17.0. The highest BCUT2D eigenvalue weighted by atomic mass is 16.2. The van der Waals surface area contributed by atoms with Gasteiger partial charge in [-0.15, -0.1) is 0 Å². The Balaban J connectivity index is 2.10. The van der Waals surface area contributed by atoms with E-state index in [4.69, 9.17) is 0 Å². The summed E-state index contributed by atoms with van der Waals surface area (Å²) in [6.45, 7) is 7.01. The molecule has 2 aromatic rings. The molecule has 0 radical (unpaired) electrons. The van der Waals surface area contributed by atoms with Crippen LogP contribution < -0.4 is 5.32 Å². The van der Waals surface area contributed by atoms with E-state index >= 15 is 0 Å². The van der Waals surface area contributed by atoms with Crippen molar-refractivity contribution in [1.82, 2.24) is 14.8 Å². The van der Waals surface area contributed by atoms with Gasteiger partial charge in [0.15, 0.2) is 0 Å². The summed E-state index contributed by atoms with van der Waals surface area (Å²) in [5.74, 6) is -0.749. The zero-order chi connectivity index (χ0) is 18.1. The lowest BCUT2D eigenvalue weighted by molar-refractivity contribution is -0.129. The van der Waals surface area contributed by atoms with Crippen LogP contribution in [0.5, 0.6) is 0 Å². The molecule has 0 aliphatic carbocycles. The number of amides is 4. The van der Waals surface area contributed by atoms with E-state index in [1.54, 1.807) is 13.0 Å². The summed E-state index contributed by atoms with van der Waals surface area (Å²) in [4.78, 5) is 37.4. The number of hydrogen-bond donors (Lipinski definition) is 1. The van der Waals surface area contributed by atoms with E-state index in [2.05, 4.69) is 23.7 Å². The van der Waals surface area contributed by atoms with Crippen LogP contribution in [0.2, 0.25) is 0 Å². The van der Waals surface area contributed by atoms with E-state index in [0.717, 1.165) is 27.9 Å². The van der Waals surface area contributed by atoms with Gasteiger partial charge in [0.25, 0.3) is 11.8 Å². The van der Waals surface area contributed by atoms with Crippen molar-refractivity contribution in [3.8, 4) is 0 Å². The maximum atomic E-state index is 12.5. The van der Waals surface area contributed by atoms with Crippen LogP contribution >= 0.6 is 0 Å². The SMILES string of the molecule is CCN1C(=O)NC(=O)/C(=C\c2cn(CC(C)C)c3ccccc23)C1=O. The van der Waals surface area contributed by atoms with Crippen LogP contribution in [0.15, 0.2) is 36.0 Å². The first-order valence-electron chi connectivity index (χ1n) is 8.39. The third-order valence-corrected chi connectivity index (χ3v) is 4.18. The molecule has 6 heteroatoms. The molecule has 0 bridgehead atoms. The van der Waals surface area contributed by atoms with Crippen molar-refractivity contribution in [2.45, 2.75) is 27.3 Å². The lowest BCUT2D eigenvalue weighted by atomic mass is 10.1. The Kier molecular flexibility index (Phi) is 4.44. The van der Waals surface area contributed by atoms with Gasteiger partial charge in [-0.05, 0) is 25.0 Å². The number of imide groups is 2. The molecule has 0 atom stereocenters. The second-order valence-corrected chi connectivity index (χ2v) is 6.51. The molecule has 6 nitrogen and oxygen atoms in total. The number of nitrogens with one attached hydrogen (secondary N) is 1. The van der Waals surface area contributed by atoms with Gasteiger partial charge in [-0.3, -0.25) is 19.8 Å². The van der Waals surface area contributed by atoms with Gasteiger partial charge in [0.05, 0.1) is 0 Å². The average molecular weight is 339 g/mol. The van der Waals surface area contributed by atoms with Crippen LogP contribution in [-0.2, 0) is 16.1 Å². The van der Waals surface area contributed by atoms with Gasteiger partial charge >= 0.3 is 6.03 Å². The molecule has 1 aromatic carbocycles. The van der Waals surface area contributed by atoms with E-state index in [0.29, 0.717) is 5.92 Å². The predicted molar refractivity (Wildman–Crippen MR) is 95.7 cm³/mol. The molecule has 0 unspecified atom stereocenters. The number of likely N-dealkylation sites (N-methyl/N-ethyl adjacent to an activating group) is 1. The molecule has 1 fully saturated rings. The molecule has 1 aliphatic rings. The van der Waals surface area contributed by atoms with Gasteiger partial charge in [0, 0.05) is 35.8 Å². The van der Waals surface area contributed by atoms with E-state index in [1.807, 2.05) is 30.5 Å². The van der Waals surface area contributed by atoms with Crippen molar-refractivity contribution < 1.29 is 14.4 Å². The smallest absolute Gasteiger partial charge is 0.331 e. The van der Waals surface area contributed by atoms with Gasteiger partial charge in [-0.25, -0.2) is 4.79 Å². The maximum Gasteiger partial charge on any atom is 0.331 e. The maximum absolute atomic E-state index is 12.5. The Bertz CT molecular complexity index is 892. The number of para-hydroxylation sites is 1. The lowest BCUT2D eigenvalue weighted by Gasteiger charge is -2.24. The predicted octanol–water partition coefficient (Wildman–Crippen LogP) is 2.78. The van der Waals surface area contributed by atoms with E-state index in [9.17, 15) is 14.4 Å². The fourth-order valence-electron chi connectivity index (χ4n) is 3.07. The summed E-state index contributed by atoms with van der Waals surface area (Å²) in [5.41, 5.74) is 1.82. The number of hydrogen-bond acceptors (Lipinski definition) is 3. The molecule has 1 saturated heterocycles. The number of rotatable bonds is 4. The molecule has 0 saturated carbocycles. The van der Waals surface area contributed by atoms with Gasteiger partial charge in [0.1, 0.15) is 5.57 Å². The Morgan fingerprint density at radius 1 is 1.16 bits per heavy atom. The number of aromatic nitrogens is 1. The van der Waals surface area contributed by atoms with Crippen LogP contribution in [0.1, 0.15) is 26.3 Å². The summed E-state index contributed by atoms with van der Waals surface area (Å²) >= 11 is 0. The molecule has 1 aliphatic heterocycles. The fraction of sp³-hybridized carbons (Fsp3) is 0.316. The summed E-state index contributed by atoms with van der Waals surface area (Å²) in [6.07, 6.45) is 3.52. The van der Waals surface area contributed by atoms with Crippen LogP contribution in [-0.4, -0.2) is 33.9 Å². The topological polar surface area (TPSA) is 71.4 Å². The molecule has 0 spiro atoms. The van der Waals surface area contributed by atoms with Crippen LogP contribution in [0.4, 0.5) is 4.79 Å². The Morgan fingerprint density at radius 3 is 2.56 bits per heavy atom. The van der Waals surface area contributed by atoms with Gasteiger partial charge in [0.2, 0.25) is 0 Å². The molecule has 130 valence electrons. The highest BCUT2D eigenvalue weighted by molar-refractivity contribution is 6.31. The number of barbiturate groups is 1. The molecule has 2 heterocycles. The largest absolute Gasteiger partial charge is 0.347 e. The third kappa shape index (κ3) is 3.07. The first-order chi connectivity index (χ1) is 11.9. The zero-order valence-electron chi connectivity index (χ0n) is 14.6. The summed E-state index contributed by atoms with van der Waals surface area (Å²) in [7, 11) is 0. The summed E-state index contributed by atoms with van der Waals surface area (Å²) in [5, 5.41) is 3.19. The average Bonchev–Trinajstić information content (AvgIpc) is 2.89. The van der Waals surface area contributed by atoms with Crippen LogP contribution in [0.25, 0.3) is 17.0 Å². The number of benzene rings is 1. The zero-order valence-corrected chi connectivity index (χ0v) is 14.6. The standard InChI is InChI=1S/C19H21N3O3/c1-4-22-18(24)15(17(23)20-19(22)25)9-13-11-21(10-12(2)3)16-8-6-5-7-14(13)16/h5-9,11-12H,4,10H2,1-3H3,(H,20,23,25)/b15-9+. The van der Waals surface area contributed by atoms with E-state index < -0.39 is 17.8 Å². The molecular formula is C19H21N3O3. The van der Waals surface area contributed by atoms with E-state index in [1.165, 1.54) is 0 Å². The van der Waals surface area contributed by atoms with Crippen LogP contribution in [0.3, 0.4) is 0 Å². The minimum Gasteiger partial charge on any atom is -0.347 e. The van der Waals surface area contributed by atoms with Crippen molar-refractivity contribution in [3.63, 3.8) is 0 Å². The van der Waals surface area contributed by atoms with Gasteiger partial charge < -0.3 is 4.57 Å². The van der Waals surface area contributed by atoms with Gasteiger partial charge in [-0.1, -0.05) is 32.0 Å². The van der Waals surface area contributed by atoms with Crippen molar-refractivity contribution in [1.29, 1.82) is 0 Å². The minimum atomic E-state index is -0.670. The highest BCUT2D eigenvalue weighted by Crippen LogP contribution is 2.25. The Morgan fingerprint density at radius 2 is 1.88 bits per heavy atom. The first-order valence-corrected chi connectivity index (χ1v) is 8.39. The highest BCUT2D eigenvalue weighted by Gasteiger charge is 2.34. The van der Waals surface area contributed by atoms with E-state index in [-0.39, 0.29) is 12.1 Å². The summed E-state index contributed by atoms with van der Waals surface area (Å²) in [6, 6.07) is 7.20. The van der Waals surface area contributed by atoms with Crippen molar-refractivity contribution in [2.75, 3.05) is 6.54 Å². The van der Waals surface area contributed by atoms with Crippen molar-refractivity contribution in [3.05, 3.63) is 41.6 Å². The monoisotopic (exact) mass is 339 g/mol. The number of urea groups is 1. The third-order valence-electron chi connectivity index (χ3n) is 4.18. The van der Waals surface area contributed by atoms with Gasteiger partial charge in [-0.2, -0.15) is 0 Å². The number of carbonyl (C=O) groups is 3.